The molecule has 4 nitrogen and oxygen atoms in total. The van der Waals surface area contributed by atoms with E-state index in [1.807, 2.05) is 0 Å². The van der Waals surface area contributed by atoms with Crippen molar-refractivity contribution in [2.24, 2.45) is 0 Å². The Kier molecular flexibility index (Phi) is 2.87. The van der Waals surface area contributed by atoms with E-state index in [9.17, 15) is 9.59 Å². The Morgan fingerprint density at radius 2 is 2.31 bits per heavy atom. The number of pyridine rings is 1. The highest BCUT2D eigenvalue weighted by atomic mass is 79.9. The summed E-state index contributed by atoms with van der Waals surface area (Å²) in [6.45, 7) is 1.49. The lowest BCUT2D eigenvalue weighted by molar-refractivity contribution is -0.137. The Labute approximate surface area is 82.9 Å². The molecule has 13 heavy (non-hydrogen) atoms. The smallest absolute Gasteiger partial charge is 0.323 e. The maximum absolute atomic E-state index is 11.3. The van der Waals surface area contributed by atoms with Gasteiger partial charge in [-0.2, -0.15) is 0 Å². The van der Waals surface area contributed by atoms with E-state index in [0.29, 0.717) is 4.47 Å². The van der Waals surface area contributed by atoms with Crippen LogP contribution in [-0.4, -0.2) is 15.6 Å². The van der Waals surface area contributed by atoms with Crippen LogP contribution in [0.25, 0.3) is 0 Å². The molecule has 0 saturated carbocycles. The van der Waals surface area contributed by atoms with E-state index in [1.54, 1.807) is 13.0 Å². The molecule has 0 aliphatic heterocycles. The van der Waals surface area contributed by atoms with Crippen LogP contribution in [0.15, 0.2) is 21.5 Å². The van der Waals surface area contributed by atoms with Crippen molar-refractivity contribution >= 4 is 21.9 Å². The van der Waals surface area contributed by atoms with Gasteiger partial charge in [-0.25, -0.2) is 0 Å². The molecule has 0 unspecified atom stereocenters. The standard InChI is InChI=1S/C8H8BrNO3/c1-5-2-6(9)8(13)10(3-5)4-7(11)12/h2-3H,4H2,1H3,(H,11,12). The van der Waals surface area contributed by atoms with E-state index >= 15 is 0 Å². The summed E-state index contributed by atoms with van der Waals surface area (Å²) < 4.78 is 1.54. The van der Waals surface area contributed by atoms with Gasteiger partial charge < -0.3 is 9.67 Å². The van der Waals surface area contributed by atoms with Gasteiger partial charge >= 0.3 is 5.97 Å². The third-order valence-corrected chi connectivity index (χ3v) is 2.05. The van der Waals surface area contributed by atoms with Crippen molar-refractivity contribution in [3.05, 3.63) is 32.7 Å². The summed E-state index contributed by atoms with van der Waals surface area (Å²) in [6, 6.07) is 1.65. The molecular formula is C8H8BrNO3. The topological polar surface area (TPSA) is 59.3 Å². The van der Waals surface area contributed by atoms with Crippen LogP contribution in [0.4, 0.5) is 0 Å². The van der Waals surface area contributed by atoms with Crippen LogP contribution in [-0.2, 0) is 11.3 Å². The first-order chi connectivity index (χ1) is 6.00. The average Bonchev–Trinajstić information content (AvgIpc) is 1.98. The van der Waals surface area contributed by atoms with E-state index in [4.69, 9.17) is 5.11 Å². The van der Waals surface area contributed by atoms with Crippen molar-refractivity contribution in [2.45, 2.75) is 13.5 Å². The van der Waals surface area contributed by atoms with Gasteiger partial charge in [0.2, 0.25) is 0 Å². The zero-order chi connectivity index (χ0) is 10.0. The minimum Gasteiger partial charge on any atom is -0.480 e. The molecule has 1 heterocycles. The molecule has 0 saturated heterocycles. The van der Waals surface area contributed by atoms with Gasteiger partial charge in [-0.3, -0.25) is 9.59 Å². The number of nitrogens with zero attached hydrogens (tertiary/aromatic N) is 1. The second-order valence-electron chi connectivity index (χ2n) is 2.69. The fourth-order valence-electron chi connectivity index (χ4n) is 1.00. The molecule has 0 spiro atoms. The Bertz CT molecular complexity index is 397. The molecule has 1 aromatic heterocycles. The van der Waals surface area contributed by atoms with Gasteiger partial charge in [0, 0.05) is 6.20 Å². The SMILES string of the molecule is Cc1cc(Br)c(=O)n(CC(=O)O)c1. The molecule has 70 valence electrons. The summed E-state index contributed by atoms with van der Waals surface area (Å²) in [5.41, 5.74) is 0.515. The molecule has 0 aliphatic carbocycles. The van der Waals surface area contributed by atoms with Crippen LogP contribution in [0.1, 0.15) is 5.56 Å². The number of aliphatic carboxylic acids is 1. The van der Waals surface area contributed by atoms with E-state index in [1.165, 1.54) is 6.20 Å². The molecular weight excluding hydrogens is 238 g/mol. The highest BCUT2D eigenvalue weighted by Gasteiger charge is 2.05. The fraction of sp³-hybridized carbons (Fsp3) is 0.250. The third kappa shape index (κ3) is 2.42. The second kappa shape index (κ2) is 3.74. The highest BCUT2D eigenvalue weighted by Crippen LogP contribution is 2.05. The maximum atomic E-state index is 11.3. The first-order valence-corrected chi connectivity index (χ1v) is 4.38. The number of aryl methyl sites for hydroxylation is 1. The predicted molar refractivity (Wildman–Crippen MR) is 50.8 cm³/mol. The maximum Gasteiger partial charge on any atom is 0.323 e. The van der Waals surface area contributed by atoms with Crippen LogP contribution in [0.2, 0.25) is 0 Å². The molecule has 0 fully saturated rings. The number of aromatic nitrogens is 1. The molecule has 0 atom stereocenters. The minimum absolute atomic E-state index is 0.306. The van der Waals surface area contributed by atoms with Crippen LogP contribution in [0.5, 0.6) is 0 Å². The van der Waals surface area contributed by atoms with Gasteiger partial charge in [-0.15, -0.1) is 0 Å². The first-order valence-electron chi connectivity index (χ1n) is 3.59. The number of rotatable bonds is 2. The molecule has 1 N–H and O–H groups in total. The van der Waals surface area contributed by atoms with Crippen LogP contribution < -0.4 is 5.56 Å². The molecule has 0 amide bonds. The van der Waals surface area contributed by atoms with Crippen molar-refractivity contribution < 1.29 is 9.90 Å². The number of hydrogen-bond donors (Lipinski definition) is 1. The van der Waals surface area contributed by atoms with Gasteiger partial charge in [0.15, 0.2) is 0 Å². The lowest BCUT2D eigenvalue weighted by atomic mass is 10.3. The predicted octanol–water partition coefficient (Wildman–Crippen LogP) is 1.00. The van der Waals surface area contributed by atoms with Crippen LogP contribution >= 0.6 is 15.9 Å². The molecule has 0 aromatic carbocycles. The normalized spacial score (nSPS) is 10.0. The van der Waals surface area contributed by atoms with Crippen molar-refractivity contribution in [2.75, 3.05) is 0 Å². The van der Waals surface area contributed by atoms with Gasteiger partial charge in [-0.1, -0.05) is 0 Å². The number of halogens is 1. The van der Waals surface area contributed by atoms with Gasteiger partial charge in [0.25, 0.3) is 5.56 Å². The number of hydrogen-bond acceptors (Lipinski definition) is 2. The third-order valence-electron chi connectivity index (χ3n) is 1.48. The van der Waals surface area contributed by atoms with E-state index in [2.05, 4.69) is 15.9 Å². The Morgan fingerprint density at radius 3 is 2.85 bits per heavy atom. The van der Waals surface area contributed by atoms with Crippen LogP contribution in [0.3, 0.4) is 0 Å². The minimum atomic E-state index is -1.03. The summed E-state index contributed by atoms with van der Waals surface area (Å²) in [7, 11) is 0. The Balaban J connectivity index is 3.21. The average molecular weight is 246 g/mol. The van der Waals surface area contributed by atoms with Crippen molar-refractivity contribution in [3.63, 3.8) is 0 Å². The zero-order valence-electron chi connectivity index (χ0n) is 6.95. The molecule has 1 rings (SSSR count). The van der Waals surface area contributed by atoms with E-state index in [0.717, 1.165) is 10.1 Å². The van der Waals surface area contributed by atoms with Gasteiger partial charge in [0.05, 0.1) is 4.47 Å². The second-order valence-corrected chi connectivity index (χ2v) is 3.55. The summed E-state index contributed by atoms with van der Waals surface area (Å²) in [5, 5.41) is 8.50. The van der Waals surface area contributed by atoms with Crippen LogP contribution in [0, 0.1) is 6.92 Å². The Hall–Kier alpha value is -1.10. The fourth-order valence-corrected chi connectivity index (χ4v) is 1.59. The van der Waals surface area contributed by atoms with Crippen molar-refractivity contribution in [3.8, 4) is 0 Å². The lowest BCUT2D eigenvalue weighted by Gasteiger charge is -2.03. The van der Waals surface area contributed by atoms with Crippen molar-refractivity contribution in [1.82, 2.24) is 4.57 Å². The number of carboxylic acid groups (broad SMARTS) is 1. The van der Waals surface area contributed by atoms with Crippen molar-refractivity contribution in [1.29, 1.82) is 0 Å². The summed E-state index contributed by atoms with van der Waals surface area (Å²) in [4.78, 5) is 21.7. The summed E-state index contributed by atoms with van der Waals surface area (Å²) in [5.74, 6) is -1.03. The molecule has 0 bridgehead atoms. The summed E-state index contributed by atoms with van der Waals surface area (Å²) in [6.07, 6.45) is 1.52. The van der Waals surface area contributed by atoms with Gasteiger partial charge in [0.1, 0.15) is 6.54 Å². The van der Waals surface area contributed by atoms with Gasteiger partial charge in [-0.05, 0) is 34.5 Å². The molecule has 1 aromatic rings. The molecule has 0 aliphatic rings. The monoisotopic (exact) mass is 245 g/mol. The lowest BCUT2D eigenvalue weighted by Crippen LogP contribution is -2.24. The van der Waals surface area contributed by atoms with E-state index in [-0.39, 0.29) is 12.1 Å². The van der Waals surface area contributed by atoms with E-state index < -0.39 is 5.97 Å². The number of carbonyl (C=O) groups is 1. The highest BCUT2D eigenvalue weighted by molar-refractivity contribution is 9.10. The summed E-state index contributed by atoms with van der Waals surface area (Å²) >= 11 is 3.06. The zero-order valence-corrected chi connectivity index (χ0v) is 8.54. The largest absolute Gasteiger partial charge is 0.480 e. The quantitative estimate of drug-likeness (QED) is 0.846. The Morgan fingerprint density at radius 1 is 1.69 bits per heavy atom. The first kappa shape index (κ1) is 9.98. The number of carboxylic acids is 1. The molecule has 0 radical (unpaired) electrons. The molecule has 5 heteroatoms.